The van der Waals surface area contributed by atoms with Gasteiger partial charge in [-0.25, -0.2) is 0 Å². The summed E-state index contributed by atoms with van der Waals surface area (Å²) in [6.07, 6.45) is 3.61. The number of hydrogen-bond acceptors (Lipinski definition) is 4. The Kier molecular flexibility index (Phi) is 4.84. The van der Waals surface area contributed by atoms with Gasteiger partial charge in [-0.05, 0) is 45.1 Å². The Labute approximate surface area is 115 Å². The molecule has 3 N–H and O–H groups in total. The van der Waals surface area contributed by atoms with Gasteiger partial charge in [0.1, 0.15) is 0 Å². The molecule has 0 aliphatic carbocycles. The lowest BCUT2D eigenvalue weighted by Crippen LogP contribution is -2.57. The maximum Gasteiger partial charge on any atom is 0.280 e. The zero-order valence-electron chi connectivity index (χ0n) is 11.6. The smallest absolute Gasteiger partial charge is 0.280 e. The van der Waals surface area contributed by atoms with Crippen LogP contribution in [0.3, 0.4) is 0 Å². The van der Waals surface area contributed by atoms with Crippen molar-refractivity contribution in [2.45, 2.75) is 38.1 Å². The normalized spacial score (nSPS) is 34.3. The van der Waals surface area contributed by atoms with Crippen LogP contribution in [0.1, 0.15) is 32.6 Å². The van der Waals surface area contributed by atoms with Gasteiger partial charge < -0.3 is 10.5 Å². The lowest BCUT2D eigenvalue weighted by molar-refractivity contribution is 0.0377. The third-order valence-electron chi connectivity index (χ3n) is 3.97. The second-order valence-electron chi connectivity index (χ2n) is 5.93. The van der Waals surface area contributed by atoms with E-state index in [9.17, 15) is 8.42 Å². The number of nitrogens with one attached hydrogen (secondary N) is 1. The molecule has 2 unspecified atom stereocenters. The first-order valence-corrected chi connectivity index (χ1v) is 8.46. The van der Waals surface area contributed by atoms with E-state index < -0.39 is 15.7 Å². The van der Waals surface area contributed by atoms with Gasteiger partial charge in [-0.3, -0.25) is 0 Å². The topological polar surface area (TPSA) is 84.7 Å². The van der Waals surface area contributed by atoms with Crippen molar-refractivity contribution in [3.05, 3.63) is 0 Å². The summed E-state index contributed by atoms with van der Waals surface area (Å²) >= 11 is 0. The van der Waals surface area contributed by atoms with Gasteiger partial charge >= 0.3 is 0 Å². The van der Waals surface area contributed by atoms with E-state index >= 15 is 0 Å². The quantitative estimate of drug-likeness (QED) is 0.767. The molecule has 0 spiro atoms. The van der Waals surface area contributed by atoms with Crippen molar-refractivity contribution in [1.29, 1.82) is 0 Å². The van der Waals surface area contributed by atoms with Crippen molar-refractivity contribution in [3.8, 4) is 0 Å². The molecule has 0 radical (unpaired) electrons. The summed E-state index contributed by atoms with van der Waals surface area (Å²) < 4.78 is 34.6. The molecule has 0 aromatic heterocycles. The van der Waals surface area contributed by atoms with Crippen LogP contribution < -0.4 is 10.5 Å². The van der Waals surface area contributed by atoms with Gasteiger partial charge in [0, 0.05) is 19.7 Å². The van der Waals surface area contributed by atoms with E-state index in [0.29, 0.717) is 26.2 Å². The fraction of sp³-hybridized carbons (Fsp3) is 1.00. The van der Waals surface area contributed by atoms with Gasteiger partial charge in [0.2, 0.25) is 0 Å². The number of rotatable bonds is 4. The molecule has 2 fully saturated rings. The first-order valence-electron chi connectivity index (χ1n) is 7.02. The van der Waals surface area contributed by atoms with E-state index in [4.69, 9.17) is 10.5 Å². The third-order valence-corrected chi connectivity index (χ3v) is 5.73. The zero-order chi connectivity index (χ0) is 13.9. The summed E-state index contributed by atoms with van der Waals surface area (Å²) in [6, 6.07) is 0. The molecule has 0 bridgehead atoms. The van der Waals surface area contributed by atoms with Crippen LogP contribution in [0.25, 0.3) is 0 Å². The first kappa shape index (κ1) is 15.2. The number of nitrogens with two attached hydrogens (primary N) is 1. The molecular formula is C12H25N3O3S. The summed E-state index contributed by atoms with van der Waals surface area (Å²) in [5.74, 6) is 0.278. The maximum atomic E-state index is 12.4. The molecule has 2 heterocycles. The van der Waals surface area contributed by atoms with E-state index in [0.717, 1.165) is 32.3 Å². The Morgan fingerprint density at radius 3 is 2.89 bits per heavy atom. The number of nitrogens with zero attached hydrogens (tertiary/aromatic N) is 1. The molecule has 2 aliphatic rings. The molecule has 2 rings (SSSR count). The van der Waals surface area contributed by atoms with Gasteiger partial charge in [-0.1, -0.05) is 0 Å². The van der Waals surface area contributed by atoms with Crippen LogP contribution in [0, 0.1) is 5.92 Å². The highest BCUT2D eigenvalue weighted by molar-refractivity contribution is 7.87. The van der Waals surface area contributed by atoms with Crippen molar-refractivity contribution >= 4 is 10.2 Å². The van der Waals surface area contributed by atoms with Crippen LogP contribution in [0.4, 0.5) is 0 Å². The van der Waals surface area contributed by atoms with Crippen molar-refractivity contribution in [2.24, 2.45) is 11.7 Å². The predicted molar refractivity (Wildman–Crippen MR) is 73.9 cm³/mol. The average molecular weight is 291 g/mol. The fourth-order valence-corrected chi connectivity index (χ4v) is 4.52. The number of ether oxygens (including phenoxy) is 1. The monoisotopic (exact) mass is 291 g/mol. The molecule has 7 heteroatoms. The van der Waals surface area contributed by atoms with E-state index in [-0.39, 0.29) is 5.92 Å². The minimum atomic E-state index is -3.44. The second-order valence-corrected chi connectivity index (χ2v) is 7.60. The van der Waals surface area contributed by atoms with Crippen molar-refractivity contribution in [1.82, 2.24) is 9.03 Å². The Balaban J connectivity index is 2.01. The van der Waals surface area contributed by atoms with E-state index in [1.165, 1.54) is 4.31 Å². The fourth-order valence-electron chi connectivity index (χ4n) is 2.83. The molecule has 6 nitrogen and oxygen atoms in total. The van der Waals surface area contributed by atoms with E-state index in [2.05, 4.69) is 4.72 Å². The highest BCUT2D eigenvalue weighted by Crippen LogP contribution is 2.23. The SMILES string of the molecule is CC1(NS(=O)(=O)N2CCCC(CN)C2)CCCOC1. The van der Waals surface area contributed by atoms with Crippen LogP contribution in [-0.4, -0.2) is 51.1 Å². The van der Waals surface area contributed by atoms with Crippen molar-refractivity contribution in [3.63, 3.8) is 0 Å². The predicted octanol–water partition coefficient (Wildman–Crippen LogP) is 0.0606. The molecule has 0 amide bonds. The van der Waals surface area contributed by atoms with Crippen LogP contribution in [0.5, 0.6) is 0 Å². The number of piperidine rings is 1. The molecule has 0 saturated carbocycles. The number of hydrogen-bond donors (Lipinski definition) is 2. The maximum absolute atomic E-state index is 12.4. The summed E-state index contributed by atoms with van der Waals surface area (Å²) in [4.78, 5) is 0. The van der Waals surface area contributed by atoms with Crippen LogP contribution >= 0.6 is 0 Å². The highest BCUT2D eigenvalue weighted by atomic mass is 32.2. The Morgan fingerprint density at radius 2 is 2.26 bits per heavy atom. The molecule has 0 aromatic carbocycles. The summed E-state index contributed by atoms with van der Waals surface area (Å²) in [6.45, 7) is 4.74. The lowest BCUT2D eigenvalue weighted by Gasteiger charge is -2.38. The van der Waals surface area contributed by atoms with Crippen LogP contribution in [0.2, 0.25) is 0 Å². The van der Waals surface area contributed by atoms with Crippen molar-refractivity contribution in [2.75, 3.05) is 32.8 Å². The zero-order valence-corrected chi connectivity index (χ0v) is 12.4. The first-order chi connectivity index (χ1) is 8.95. The van der Waals surface area contributed by atoms with E-state index in [1.807, 2.05) is 6.92 Å². The van der Waals surface area contributed by atoms with Gasteiger partial charge in [-0.2, -0.15) is 17.4 Å². The van der Waals surface area contributed by atoms with Gasteiger partial charge in [0.15, 0.2) is 0 Å². The van der Waals surface area contributed by atoms with E-state index in [1.54, 1.807) is 0 Å². The molecule has 19 heavy (non-hydrogen) atoms. The molecule has 2 saturated heterocycles. The average Bonchev–Trinajstić information content (AvgIpc) is 2.38. The molecular weight excluding hydrogens is 266 g/mol. The van der Waals surface area contributed by atoms with Crippen molar-refractivity contribution < 1.29 is 13.2 Å². The Morgan fingerprint density at radius 1 is 1.47 bits per heavy atom. The second kappa shape index (κ2) is 6.05. The summed E-state index contributed by atoms with van der Waals surface area (Å²) in [7, 11) is -3.44. The standard InChI is InChI=1S/C12H25N3O3S/c1-12(5-3-7-18-10-12)14-19(16,17)15-6-2-4-11(8-13)9-15/h11,14H,2-10,13H2,1H3. The highest BCUT2D eigenvalue weighted by Gasteiger charge is 2.36. The molecule has 2 aliphatic heterocycles. The summed E-state index contributed by atoms with van der Waals surface area (Å²) in [5, 5.41) is 0. The van der Waals surface area contributed by atoms with Gasteiger partial charge in [-0.15, -0.1) is 0 Å². The van der Waals surface area contributed by atoms with Crippen LogP contribution in [-0.2, 0) is 14.9 Å². The molecule has 2 atom stereocenters. The molecule has 112 valence electrons. The minimum Gasteiger partial charge on any atom is -0.380 e. The molecule has 0 aromatic rings. The van der Waals surface area contributed by atoms with Gasteiger partial charge in [0.05, 0.1) is 12.1 Å². The van der Waals surface area contributed by atoms with Gasteiger partial charge in [0.25, 0.3) is 10.2 Å². The Bertz CT molecular complexity index is 393. The van der Waals surface area contributed by atoms with Crippen LogP contribution in [0.15, 0.2) is 0 Å². The lowest BCUT2D eigenvalue weighted by atomic mass is 9.97. The largest absolute Gasteiger partial charge is 0.380 e. The third kappa shape index (κ3) is 3.88. The summed E-state index contributed by atoms with van der Waals surface area (Å²) in [5.41, 5.74) is 5.18. The minimum absolute atomic E-state index is 0.278. The Hall–Kier alpha value is -0.210.